The minimum Gasteiger partial charge on any atom is -0.400 e. The van der Waals surface area contributed by atoms with Crippen LogP contribution in [0.3, 0.4) is 0 Å². The number of dihydropyridines is 1. The second-order valence-electron chi connectivity index (χ2n) is 9.45. The topological polar surface area (TPSA) is 103 Å². The van der Waals surface area contributed by atoms with Crippen molar-refractivity contribution in [1.29, 1.82) is 0 Å². The Morgan fingerprint density at radius 2 is 1.91 bits per heavy atom. The average Bonchev–Trinajstić information content (AvgIpc) is 2.80. The molecule has 0 spiro atoms. The molecule has 8 nitrogen and oxygen atoms in total. The van der Waals surface area contributed by atoms with Crippen LogP contribution in [0.4, 0.5) is 4.79 Å². The van der Waals surface area contributed by atoms with Gasteiger partial charge < -0.3 is 26.2 Å². The summed E-state index contributed by atoms with van der Waals surface area (Å²) in [6.45, 7) is 13.3. The zero-order valence-electron chi connectivity index (χ0n) is 21.4. The number of amides is 3. The lowest BCUT2D eigenvalue weighted by Crippen LogP contribution is -2.46. The van der Waals surface area contributed by atoms with Gasteiger partial charge in [0.25, 0.3) is 5.91 Å². The van der Waals surface area contributed by atoms with E-state index >= 15 is 0 Å². The van der Waals surface area contributed by atoms with E-state index in [4.69, 9.17) is 5.73 Å². The van der Waals surface area contributed by atoms with E-state index < -0.39 is 0 Å². The number of nitrogens with two attached hydrogens (primary N) is 1. The number of nitrogens with one attached hydrogen (secondary N) is 2. The van der Waals surface area contributed by atoms with Crippen molar-refractivity contribution in [2.45, 2.75) is 65.5 Å². The molecule has 190 valence electrons. The van der Waals surface area contributed by atoms with Crippen LogP contribution in [0.2, 0.25) is 0 Å². The van der Waals surface area contributed by atoms with Crippen molar-refractivity contribution in [3.05, 3.63) is 36.1 Å². The summed E-state index contributed by atoms with van der Waals surface area (Å²) in [5, 5.41) is 5.97. The van der Waals surface area contributed by atoms with Gasteiger partial charge in [-0.1, -0.05) is 32.1 Å². The maximum Gasteiger partial charge on any atom is 0.317 e. The fraction of sp³-hybridized carbons (Fsp3) is 0.654. The molecule has 0 radical (unpaired) electrons. The van der Waals surface area contributed by atoms with Gasteiger partial charge in [0, 0.05) is 37.3 Å². The number of hydrogen-bond donors (Lipinski definition) is 3. The van der Waals surface area contributed by atoms with Crippen LogP contribution in [0.25, 0.3) is 0 Å². The van der Waals surface area contributed by atoms with Gasteiger partial charge in [-0.3, -0.25) is 9.79 Å². The fourth-order valence-corrected chi connectivity index (χ4v) is 4.19. The number of nitrogens with zero attached hydrogens (tertiary/aromatic N) is 3. The minimum atomic E-state index is -0.215. The molecular weight excluding hydrogens is 428 g/mol. The van der Waals surface area contributed by atoms with Crippen LogP contribution in [0.15, 0.2) is 41.1 Å². The molecule has 0 aromatic carbocycles. The summed E-state index contributed by atoms with van der Waals surface area (Å²) in [5.74, 6) is -0.132. The molecular formula is C26H44N6O2. The molecule has 0 aromatic rings. The van der Waals surface area contributed by atoms with Crippen molar-refractivity contribution in [2.75, 3.05) is 39.3 Å². The van der Waals surface area contributed by atoms with Crippen LogP contribution in [0.1, 0.15) is 53.4 Å². The van der Waals surface area contributed by atoms with Crippen LogP contribution in [0, 0.1) is 5.92 Å². The van der Waals surface area contributed by atoms with Gasteiger partial charge in [-0.05, 0) is 71.3 Å². The Bertz CT molecular complexity index is 780. The first kappa shape index (κ1) is 27.6. The van der Waals surface area contributed by atoms with Gasteiger partial charge in [0.1, 0.15) is 5.71 Å². The average molecular weight is 473 g/mol. The largest absolute Gasteiger partial charge is 0.400 e. The van der Waals surface area contributed by atoms with Crippen LogP contribution >= 0.6 is 0 Å². The second-order valence-corrected chi connectivity index (χ2v) is 9.45. The molecule has 3 amide bonds. The molecule has 0 bridgehead atoms. The summed E-state index contributed by atoms with van der Waals surface area (Å²) in [5.41, 5.74) is 7.04. The van der Waals surface area contributed by atoms with Crippen molar-refractivity contribution in [1.82, 2.24) is 20.4 Å². The molecule has 2 aliphatic rings. The van der Waals surface area contributed by atoms with E-state index in [2.05, 4.69) is 34.4 Å². The summed E-state index contributed by atoms with van der Waals surface area (Å²) < 4.78 is 0. The molecule has 0 saturated carbocycles. The van der Waals surface area contributed by atoms with E-state index in [9.17, 15) is 9.59 Å². The fourth-order valence-electron chi connectivity index (χ4n) is 4.19. The molecule has 34 heavy (non-hydrogen) atoms. The number of aliphatic imine (C=N–C) groups is 1. The van der Waals surface area contributed by atoms with Gasteiger partial charge in [-0.25, -0.2) is 4.79 Å². The Morgan fingerprint density at radius 3 is 2.50 bits per heavy atom. The first-order valence-electron chi connectivity index (χ1n) is 12.8. The lowest BCUT2D eigenvalue weighted by Gasteiger charge is -2.29. The molecule has 1 aliphatic heterocycles. The third-order valence-corrected chi connectivity index (χ3v) is 5.90. The summed E-state index contributed by atoms with van der Waals surface area (Å²) in [4.78, 5) is 34.3. The Hall–Kier alpha value is -2.61. The van der Waals surface area contributed by atoms with Gasteiger partial charge in [-0.15, -0.1) is 0 Å². The molecule has 2 unspecified atom stereocenters. The molecule has 1 heterocycles. The van der Waals surface area contributed by atoms with Crippen molar-refractivity contribution in [2.24, 2.45) is 16.6 Å². The van der Waals surface area contributed by atoms with Crippen molar-refractivity contribution in [3.8, 4) is 0 Å². The van der Waals surface area contributed by atoms with Crippen molar-refractivity contribution in [3.63, 3.8) is 0 Å². The maximum absolute atomic E-state index is 12.8. The molecule has 0 fully saturated rings. The predicted octanol–water partition coefficient (Wildman–Crippen LogP) is 2.83. The number of urea groups is 1. The van der Waals surface area contributed by atoms with E-state index in [1.165, 1.54) is 0 Å². The highest BCUT2D eigenvalue weighted by atomic mass is 16.2. The molecule has 0 aromatic heterocycles. The molecule has 4 N–H and O–H groups in total. The molecule has 2 rings (SSSR count). The number of carbonyl (C=O) groups excluding carboxylic acids is 2. The highest BCUT2D eigenvalue weighted by Gasteiger charge is 2.23. The Morgan fingerprint density at radius 1 is 1.18 bits per heavy atom. The second kappa shape index (κ2) is 14.6. The Labute approximate surface area is 205 Å². The zero-order valence-corrected chi connectivity index (χ0v) is 21.4. The quantitative estimate of drug-likeness (QED) is 0.383. The number of hydrogen-bond acceptors (Lipinski definition) is 5. The highest BCUT2D eigenvalue weighted by Crippen LogP contribution is 2.12. The highest BCUT2D eigenvalue weighted by molar-refractivity contribution is 6.43. The first-order chi connectivity index (χ1) is 16.3. The standard InChI is InChI=1S/C26H44N6O2/c1-5-14-31(15-6-2)16-9-17-32(26(34)29-20(3)4)19-21-12-13-24(28-18-21)25(33)30-23-11-8-7-10-22(23)27/h7-8,10,12-13,20-21,23H,5-6,9,11,14-19,27H2,1-4H3,(H,29,34)(H,30,33). The van der Waals surface area contributed by atoms with Crippen LogP contribution in [-0.4, -0.2) is 78.8 Å². The van der Waals surface area contributed by atoms with Gasteiger partial charge in [0.2, 0.25) is 0 Å². The summed E-state index contributed by atoms with van der Waals surface area (Å²) >= 11 is 0. The van der Waals surface area contributed by atoms with Crippen LogP contribution < -0.4 is 16.4 Å². The van der Waals surface area contributed by atoms with Crippen LogP contribution in [0.5, 0.6) is 0 Å². The van der Waals surface area contributed by atoms with Gasteiger partial charge >= 0.3 is 6.03 Å². The summed E-state index contributed by atoms with van der Waals surface area (Å²) in [7, 11) is 0. The van der Waals surface area contributed by atoms with Crippen LogP contribution in [-0.2, 0) is 4.79 Å². The van der Waals surface area contributed by atoms with E-state index in [1.54, 1.807) is 6.08 Å². The SMILES string of the molecule is CCCN(CCC)CCCN(CC1C=CC(C(=O)NC2CC=CC=C2N)=NC1)C(=O)NC(C)C. The van der Waals surface area contributed by atoms with E-state index in [1.807, 2.05) is 43.1 Å². The van der Waals surface area contributed by atoms with E-state index in [0.29, 0.717) is 37.5 Å². The molecule has 8 heteroatoms. The third kappa shape index (κ3) is 9.33. The lowest BCUT2D eigenvalue weighted by atomic mass is 10.0. The predicted molar refractivity (Wildman–Crippen MR) is 140 cm³/mol. The first-order valence-corrected chi connectivity index (χ1v) is 12.8. The molecule has 0 saturated heterocycles. The number of carbonyl (C=O) groups is 2. The summed E-state index contributed by atoms with van der Waals surface area (Å²) in [6, 6.07) is -0.152. The lowest BCUT2D eigenvalue weighted by molar-refractivity contribution is -0.115. The van der Waals surface area contributed by atoms with Gasteiger partial charge in [-0.2, -0.15) is 0 Å². The van der Waals surface area contributed by atoms with E-state index in [0.717, 1.165) is 38.9 Å². The minimum absolute atomic E-state index is 0.0407. The summed E-state index contributed by atoms with van der Waals surface area (Å²) in [6.07, 6.45) is 13.3. The normalized spacial score (nSPS) is 19.7. The third-order valence-electron chi connectivity index (χ3n) is 5.90. The molecule has 2 atom stereocenters. The zero-order chi connectivity index (χ0) is 24.9. The van der Waals surface area contributed by atoms with Crippen molar-refractivity contribution >= 4 is 17.6 Å². The smallest absolute Gasteiger partial charge is 0.317 e. The van der Waals surface area contributed by atoms with Crippen molar-refractivity contribution < 1.29 is 9.59 Å². The molecule has 1 aliphatic carbocycles. The van der Waals surface area contributed by atoms with Gasteiger partial charge in [0.15, 0.2) is 0 Å². The number of rotatable bonds is 13. The van der Waals surface area contributed by atoms with Gasteiger partial charge in [0.05, 0.1) is 6.04 Å². The monoisotopic (exact) mass is 472 g/mol. The van der Waals surface area contributed by atoms with E-state index in [-0.39, 0.29) is 29.9 Å². The maximum atomic E-state index is 12.8. The Balaban J connectivity index is 1.90. The number of allylic oxidation sites excluding steroid dienone is 2. The Kier molecular flexibility index (Phi) is 11.9.